The van der Waals surface area contributed by atoms with Gasteiger partial charge in [-0.05, 0) is 68.1 Å². The molecule has 0 heterocycles. The number of nitrogens with zero attached hydrogens (tertiary/aromatic N) is 1. The molecule has 0 aliphatic heterocycles. The van der Waals surface area contributed by atoms with Gasteiger partial charge >= 0.3 is 0 Å². The van der Waals surface area contributed by atoms with Crippen LogP contribution in [0.4, 0.5) is 5.69 Å². The van der Waals surface area contributed by atoms with E-state index in [2.05, 4.69) is 5.32 Å². The van der Waals surface area contributed by atoms with Crippen molar-refractivity contribution < 1.29 is 22.7 Å². The fraction of sp³-hybridized carbons (Fsp3) is 0.435. The SMILES string of the molecule is CCOc1ccc(CCCNC(=O)[C@@H](CC)Oc2ccc(N(C)S(C)(=O)=O)cc2)cc1. The van der Waals surface area contributed by atoms with Crippen molar-refractivity contribution in [1.82, 2.24) is 5.32 Å². The zero-order valence-electron chi connectivity index (χ0n) is 18.6. The van der Waals surface area contributed by atoms with Gasteiger partial charge in [0.25, 0.3) is 5.91 Å². The molecule has 8 heteroatoms. The fourth-order valence-corrected chi connectivity index (χ4v) is 3.45. The van der Waals surface area contributed by atoms with Gasteiger partial charge in [-0.15, -0.1) is 0 Å². The Kier molecular flexibility index (Phi) is 9.18. The van der Waals surface area contributed by atoms with E-state index in [9.17, 15) is 13.2 Å². The normalized spacial score (nSPS) is 12.1. The average molecular weight is 449 g/mol. The first-order valence-corrected chi connectivity index (χ1v) is 12.3. The summed E-state index contributed by atoms with van der Waals surface area (Å²) in [5.74, 6) is 1.21. The molecule has 0 spiro atoms. The van der Waals surface area contributed by atoms with Crippen LogP contribution in [-0.4, -0.2) is 46.9 Å². The molecule has 0 radical (unpaired) electrons. The number of anilines is 1. The number of amides is 1. The van der Waals surface area contributed by atoms with Gasteiger partial charge in [-0.25, -0.2) is 8.42 Å². The van der Waals surface area contributed by atoms with Crippen LogP contribution in [0, 0.1) is 0 Å². The maximum absolute atomic E-state index is 12.5. The zero-order valence-corrected chi connectivity index (χ0v) is 19.4. The van der Waals surface area contributed by atoms with Crippen LogP contribution in [0.15, 0.2) is 48.5 Å². The topological polar surface area (TPSA) is 84.9 Å². The summed E-state index contributed by atoms with van der Waals surface area (Å²) in [5, 5.41) is 2.93. The van der Waals surface area contributed by atoms with Crippen LogP contribution < -0.4 is 19.1 Å². The molecule has 2 aromatic rings. The number of sulfonamides is 1. The molecule has 31 heavy (non-hydrogen) atoms. The second-order valence-corrected chi connectivity index (χ2v) is 9.22. The Balaban J connectivity index is 1.81. The first-order chi connectivity index (χ1) is 14.7. The summed E-state index contributed by atoms with van der Waals surface area (Å²) in [6, 6.07) is 14.6. The smallest absolute Gasteiger partial charge is 0.261 e. The number of nitrogens with one attached hydrogen (secondary N) is 1. The summed E-state index contributed by atoms with van der Waals surface area (Å²) in [6.07, 6.45) is 2.74. The highest BCUT2D eigenvalue weighted by atomic mass is 32.2. The Morgan fingerprint density at radius 1 is 1.03 bits per heavy atom. The van der Waals surface area contributed by atoms with E-state index in [0.717, 1.165) is 24.8 Å². The standard InChI is InChI=1S/C23H32N2O5S/c1-5-22(30-21-15-11-19(12-16-21)25(3)31(4,27)28)23(26)24-17-7-8-18-9-13-20(14-10-18)29-6-2/h9-16,22H,5-8,17H2,1-4H3,(H,24,26)/t22-/m1/s1. The Morgan fingerprint density at radius 3 is 2.19 bits per heavy atom. The lowest BCUT2D eigenvalue weighted by atomic mass is 10.1. The Hall–Kier alpha value is -2.74. The van der Waals surface area contributed by atoms with Crippen LogP contribution in [0.2, 0.25) is 0 Å². The summed E-state index contributed by atoms with van der Waals surface area (Å²) >= 11 is 0. The van der Waals surface area contributed by atoms with Crippen LogP contribution in [0.25, 0.3) is 0 Å². The number of ether oxygens (including phenoxy) is 2. The van der Waals surface area contributed by atoms with Crippen LogP contribution >= 0.6 is 0 Å². The molecule has 2 aromatic carbocycles. The van der Waals surface area contributed by atoms with E-state index in [0.29, 0.717) is 31.0 Å². The minimum Gasteiger partial charge on any atom is -0.494 e. The third-order valence-electron chi connectivity index (χ3n) is 4.82. The van der Waals surface area contributed by atoms with Gasteiger partial charge in [-0.2, -0.15) is 0 Å². The molecule has 0 saturated carbocycles. The van der Waals surface area contributed by atoms with Crippen molar-refractivity contribution >= 4 is 21.6 Å². The van der Waals surface area contributed by atoms with E-state index in [1.165, 1.54) is 16.9 Å². The summed E-state index contributed by atoms with van der Waals surface area (Å²) in [5.41, 5.74) is 1.72. The maximum atomic E-state index is 12.5. The van der Waals surface area contributed by atoms with Crippen LogP contribution in [0.1, 0.15) is 32.3 Å². The number of aryl methyl sites for hydroxylation is 1. The van der Waals surface area contributed by atoms with Gasteiger partial charge in [0.15, 0.2) is 6.10 Å². The van der Waals surface area contributed by atoms with Gasteiger partial charge in [-0.1, -0.05) is 19.1 Å². The van der Waals surface area contributed by atoms with Crippen molar-refractivity contribution in [3.8, 4) is 11.5 Å². The second kappa shape index (κ2) is 11.6. The third kappa shape index (κ3) is 7.79. The maximum Gasteiger partial charge on any atom is 0.261 e. The molecule has 1 atom stereocenters. The van der Waals surface area contributed by atoms with Gasteiger partial charge in [-0.3, -0.25) is 9.10 Å². The van der Waals surface area contributed by atoms with E-state index in [-0.39, 0.29) is 5.91 Å². The minimum absolute atomic E-state index is 0.161. The lowest BCUT2D eigenvalue weighted by molar-refractivity contribution is -0.128. The fourth-order valence-electron chi connectivity index (χ4n) is 2.95. The summed E-state index contributed by atoms with van der Waals surface area (Å²) in [4.78, 5) is 12.5. The minimum atomic E-state index is -3.33. The molecule has 0 unspecified atom stereocenters. The van der Waals surface area contributed by atoms with Crippen molar-refractivity contribution in [2.45, 2.75) is 39.2 Å². The summed E-state index contributed by atoms with van der Waals surface area (Å²) < 4.78 is 35.7. The largest absolute Gasteiger partial charge is 0.494 e. The van der Waals surface area contributed by atoms with Crippen molar-refractivity contribution in [1.29, 1.82) is 0 Å². The molecule has 0 aromatic heterocycles. The molecule has 0 aliphatic carbocycles. The van der Waals surface area contributed by atoms with Crippen LogP contribution in [-0.2, 0) is 21.2 Å². The molecule has 0 fully saturated rings. The summed E-state index contributed by atoms with van der Waals surface area (Å²) in [7, 11) is -1.84. The molecular formula is C23H32N2O5S. The Morgan fingerprint density at radius 2 is 1.65 bits per heavy atom. The first kappa shape index (κ1) is 24.5. The highest BCUT2D eigenvalue weighted by molar-refractivity contribution is 7.92. The molecule has 170 valence electrons. The van der Waals surface area contributed by atoms with Crippen molar-refractivity contribution in [3.05, 3.63) is 54.1 Å². The number of benzene rings is 2. The van der Waals surface area contributed by atoms with Gasteiger partial charge in [0.2, 0.25) is 10.0 Å². The molecule has 0 aliphatic rings. The highest BCUT2D eigenvalue weighted by Gasteiger charge is 2.18. The van der Waals surface area contributed by atoms with Crippen molar-refractivity contribution in [3.63, 3.8) is 0 Å². The zero-order chi connectivity index (χ0) is 22.9. The van der Waals surface area contributed by atoms with E-state index in [1.54, 1.807) is 24.3 Å². The van der Waals surface area contributed by atoms with Gasteiger partial charge < -0.3 is 14.8 Å². The van der Waals surface area contributed by atoms with Crippen molar-refractivity contribution in [2.24, 2.45) is 0 Å². The van der Waals surface area contributed by atoms with Gasteiger partial charge in [0.1, 0.15) is 11.5 Å². The van der Waals surface area contributed by atoms with Gasteiger partial charge in [0.05, 0.1) is 18.6 Å². The van der Waals surface area contributed by atoms with Crippen molar-refractivity contribution in [2.75, 3.05) is 30.8 Å². The number of hydrogen-bond donors (Lipinski definition) is 1. The number of carbonyl (C=O) groups is 1. The molecule has 7 nitrogen and oxygen atoms in total. The Labute approximate surface area is 185 Å². The van der Waals surface area contributed by atoms with E-state index < -0.39 is 16.1 Å². The average Bonchev–Trinajstić information content (AvgIpc) is 2.75. The quantitative estimate of drug-likeness (QED) is 0.503. The predicted octanol–water partition coefficient (Wildman–Crippen LogP) is 3.39. The number of rotatable bonds is 12. The van der Waals surface area contributed by atoms with E-state index in [1.807, 2.05) is 38.1 Å². The molecule has 2 rings (SSSR count). The number of hydrogen-bond acceptors (Lipinski definition) is 5. The first-order valence-electron chi connectivity index (χ1n) is 10.4. The molecule has 0 bridgehead atoms. The van der Waals surface area contributed by atoms with Gasteiger partial charge in [0, 0.05) is 13.6 Å². The predicted molar refractivity (Wildman–Crippen MR) is 123 cm³/mol. The second-order valence-electron chi connectivity index (χ2n) is 7.21. The monoisotopic (exact) mass is 448 g/mol. The highest BCUT2D eigenvalue weighted by Crippen LogP contribution is 2.21. The third-order valence-corrected chi connectivity index (χ3v) is 6.02. The Bertz CT molecular complexity index is 927. The van der Waals surface area contributed by atoms with E-state index in [4.69, 9.17) is 9.47 Å². The number of carbonyl (C=O) groups excluding carboxylic acids is 1. The molecule has 1 N–H and O–H groups in total. The molecule has 0 saturated heterocycles. The summed E-state index contributed by atoms with van der Waals surface area (Å²) in [6.45, 7) is 5.05. The van der Waals surface area contributed by atoms with Crippen LogP contribution in [0.3, 0.4) is 0 Å². The molecular weight excluding hydrogens is 416 g/mol. The lowest BCUT2D eigenvalue weighted by Crippen LogP contribution is -2.38. The van der Waals surface area contributed by atoms with E-state index >= 15 is 0 Å². The van der Waals surface area contributed by atoms with Crippen LogP contribution in [0.5, 0.6) is 11.5 Å². The molecule has 1 amide bonds. The lowest BCUT2D eigenvalue weighted by Gasteiger charge is -2.19.